The van der Waals surface area contributed by atoms with Crippen molar-refractivity contribution >= 4 is 17.3 Å². The zero-order valence-corrected chi connectivity index (χ0v) is 13.9. The average Bonchev–Trinajstić information content (AvgIpc) is 2.64. The lowest BCUT2D eigenvalue weighted by molar-refractivity contribution is -0.137. The Balaban J connectivity index is 2.35. The fraction of sp³-hybridized carbons (Fsp3) is 0.250. The van der Waals surface area contributed by atoms with Crippen molar-refractivity contribution in [2.45, 2.75) is 12.3 Å². The number of alkyl halides is 3. The molecule has 1 atom stereocenters. The van der Waals surface area contributed by atoms with E-state index in [9.17, 15) is 26.7 Å². The number of halogens is 5. The molecule has 12 heteroatoms. The summed E-state index contributed by atoms with van der Waals surface area (Å²) in [4.78, 5) is 20.2. The van der Waals surface area contributed by atoms with Crippen LogP contribution in [0.1, 0.15) is 15.9 Å². The first-order valence-electron chi connectivity index (χ1n) is 7.62. The summed E-state index contributed by atoms with van der Waals surface area (Å²) in [5.41, 5.74) is -1.55. The molecule has 1 amide bonds. The van der Waals surface area contributed by atoms with Crippen molar-refractivity contribution in [2.24, 2.45) is 0 Å². The Bertz CT molecular complexity index is 848. The van der Waals surface area contributed by atoms with Gasteiger partial charge in [0.15, 0.2) is 11.6 Å². The maximum Gasteiger partial charge on any atom is 0.418 e. The Morgan fingerprint density at radius 1 is 1.25 bits per heavy atom. The minimum Gasteiger partial charge on any atom is -0.394 e. The molecule has 1 heterocycles. The minimum absolute atomic E-state index is 0.518. The van der Waals surface area contributed by atoms with Gasteiger partial charge >= 0.3 is 6.18 Å². The second-order valence-corrected chi connectivity index (χ2v) is 5.41. The van der Waals surface area contributed by atoms with Crippen LogP contribution in [0.15, 0.2) is 30.6 Å². The molecule has 1 aromatic carbocycles. The number of aliphatic hydroxyl groups excluding tert-OH is 2. The number of carbonyl (C=O) groups excluding carboxylic acids is 1. The van der Waals surface area contributed by atoms with Gasteiger partial charge in [-0.2, -0.15) is 13.2 Å². The van der Waals surface area contributed by atoms with Gasteiger partial charge in [-0.15, -0.1) is 0 Å². The number of pyridine rings is 1. The summed E-state index contributed by atoms with van der Waals surface area (Å²) in [5.74, 6) is -4.14. The van der Waals surface area contributed by atoms with Crippen molar-refractivity contribution in [2.75, 3.05) is 18.5 Å². The highest BCUT2D eigenvalue weighted by Gasteiger charge is 2.34. The van der Waals surface area contributed by atoms with E-state index in [-0.39, 0.29) is 0 Å². The van der Waals surface area contributed by atoms with Crippen molar-refractivity contribution in [3.63, 3.8) is 0 Å². The first kappa shape index (κ1) is 21.5. The van der Waals surface area contributed by atoms with Crippen LogP contribution in [0.5, 0.6) is 0 Å². The van der Waals surface area contributed by atoms with Gasteiger partial charge in [-0.25, -0.2) is 14.3 Å². The van der Waals surface area contributed by atoms with E-state index in [2.05, 4.69) is 9.82 Å². The molecular weight excluding hydrogens is 393 g/mol. The number of hydroxylamine groups is 1. The summed E-state index contributed by atoms with van der Waals surface area (Å²) in [6.45, 7) is -1.18. The Morgan fingerprint density at radius 3 is 2.61 bits per heavy atom. The molecule has 0 aliphatic carbocycles. The molecule has 2 aromatic rings. The van der Waals surface area contributed by atoms with E-state index in [0.717, 1.165) is 18.5 Å². The molecule has 0 fully saturated rings. The van der Waals surface area contributed by atoms with Crippen molar-refractivity contribution in [1.82, 2.24) is 10.5 Å². The van der Waals surface area contributed by atoms with Gasteiger partial charge in [0.1, 0.15) is 12.7 Å². The van der Waals surface area contributed by atoms with Crippen LogP contribution in [-0.2, 0) is 11.0 Å². The molecule has 0 aliphatic rings. The van der Waals surface area contributed by atoms with Gasteiger partial charge in [0.25, 0.3) is 5.91 Å². The van der Waals surface area contributed by atoms with Gasteiger partial charge < -0.3 is 15.5 Å². The van der Waals surface area contributed by atoms with Crippen LogP contribution in [0.2, 0.25) is 0 Å². The quantitative estimate of drug-likeness (QED) is 0.414. The highest BCUT2D eigenvalue weighted by atomic mass is 19.4. The second kappa shape index (κ2) is 8.91. The predicted octanol–water partition coefficient (Wildman–Crippen LogP) is 2.14. The van der Waals surface area contributed by atoms with Crippen LogP contribution in [0.25, 0.3) is 0 Å². The summed E-state index contributed by atoms with van der Waals surface area (Å²) in [6.07, 6.45) is -4.53. The summed E-state index contributed by atoms with van der Waals surface area (Å²) in [5, 5.41) is 19.8. The maximum absolute atomic E-state index is 14.2. The summed E-state index contributed by atoms with van der Waals surface area (Å²) < 4.78 is 67.1. The number of rotatable bonds is 7. The molecule has 0 spiro atoms. The number of amides is 1. The topological polar surface area (TPSA) is 104 Å². The largest absolute Gasteiger partial charge is 0.418 e. The molecule has 0 saturated carbocycles. The van der Waals surface area contributed by atoms with Crippen LogP contribution in [0.4, 0.5) is 33.3 Å². The average molecular weight is 407 g/mol. The molecule has 7 nitrogen and oxygen atoms in total. The normalized spacial score (nSPS) is 12.5. The third-order valence-corrected chi connectivity index (χ3v) is 3.38. The second-order valence-electron chi connectivity index (χ2n) is 5.41. The third-order valence-electron chi connectivity index (χ3n) is 3.38. The standard InChI is InChI=1S/C16H14F5N3O4/c17-11-2-1-9(15(27)24-28-7-8(26)6-25)14(13(11)18)23-12-5-22-4-3-10(12)16(19,20)21/h1-5,8,23,25-26H,6-7H2,(H,24,27). The summed E-state index contributed by atoms with van der Waals surface area (Å²) in [7, 11) is 0. The number of hydrogen-bond donors (Lipinski definition) is 4. The predicted molar refractivity (Wildman–Crippen MR) is 85.4 cm³/mol. The van der Waals surface area contributed by atoms with Gasteiger partial charge in [-0.05, 0) is 18.2 Å². The molecular formula is C16H14F5N3O4. The minimum atomic E-state index is -4.82. The highest BCUT2D eigenvalue weighted by molar-refractivity contribution is 6.00. The molecule has 1 aromatic heterocycles. The van der Waals surface area contributed by atoms with E-state index in [0.29, 0.717) is 12.1 Å². The van der Waals surface area contributed by atoms with Gasteiger partial charge in [-0.1, -0.05) is 0 Å². The number of anilines is 2. The number of nitrogens with zero attached hydrogens (tertiary/aromatic N) is 1. The lowest BCUT2D eigenvalue weighted by atomic mass is 10.1. The van der Waals surface area contributed by atoms with Crippen molar-refractivity contribution in [3.8, 4) is 0 Å². The first-order valence-corrected chi connectivity index (χ1v) is 7.62. The molecule has 4 N–H and O–H groups in total. The van der Waals surface area contributed by atoms with Gasteiger partial charge in [-0.3, -0.25) is 14.6 Å². The first-order chi connectivity index (χ1) is 13.1. The fourth-order valence-electron chi connectivity index (χ4n) is 2.05. The monoisotopic (exact) mass is 407 g/mol. The molecule has 28 heavy (non-hydrogen) atoms. The fourth-order valence-corrected chi connectivity index (χ4v) is 2.05. The molecule has 2 rings (SSSR count). The van der Waals surface area contributed by atoms with E-state index >= 15 is 0 Å². The Morgan fingerprint density at radius 2 is 1.96 bits per heavy atom. The zero-order chi connectivity index (χ0) is 20.9. The molecule has 0 aliphatic heterocycles. The van der Waals surface area contributed by atoms with Crippen LogP contribution in [-0.4, -0.2) is 40.4 Å². The molecule has 0 saturated heterocycles. The number of hydrogen-bond acceptors (Lipinski definition) is 6. The maximum atomic E-state index is 14.2. The van der Waals surface area contributed by atoms with Gasteiger partial charge in [0, 0.05) is 6.20 Å². The Hall–Kier alpha value is -2.83. The lowest BCUT2D eigenvalue weighted by Crippen LogP contribution is -2.30. The number of nitrogens with one attached hydrogen (secondary N) is 2. The van der Waals surface area contributed by atoms with Crippen molar-refractivity contribution < 1.29 is 41.8 Å². The third kappa shape index (κ3) is 5.12. The van der Waals surface area contributed by atoms with E-state index in [1.165, 1.54) is 0 Å². The van der Waals surface area contributed by atoms with Crippen molar-refractivity contribution in [3.05, 3.63) is 53.4 Å². The molecule has 0 bridgehead atoms. The zero-order valence-electron chi connectivity index (χ0n) is 13.9. The van der Waals surface area contributed by atoms with E-state index < -0.39 is 65.5 Å². The molecule has 1 unspecified atom stereocenters. The number of benzene rings is 1. The van der Waals surface area contributed by atoms with Crippen LogP contribution in [0.3, 0.4) is 0 Å². The Kier molecular flexibility index (Phi) is 6.83. The SMILES string of the molecule is O=C(NOCC(O)CO)c1ccc(F)c(F)c1Nc1cnccc1C(F)(F)F. The van der Waals surface area contributed by atoms with E-state index in [1.807, 2.05) is 5.32 Å². The number of aromatic nitrogens is 1. The molecule has 152 valence electrons. The van der Waals surface area contributed by atoms with Crippen LogP contribution in [0, 0.1) is 11.6 Å². The van der Waals surface area contributed by atoms with Crippen molar-refractivity contribution in [1.29, 1.82) is 0 Å². The lowest BCUT2D eigenvalue weighted by Gasteiger charge is -2.17. The van der Waals surface area contributed by atoms with Gasteiger partial charge in [0.05, 0.1) is 35.3 Å². The Labute approximate surface area is 154 Å². The smallest absolute Gasteiger partial charge is 0.394 e. The molecule has 0 radical (unpaired) electrons. The van der Waals surface area contributed by atoms with E-state index in [4.69, 9.17) is 10.2 Å². The number of aliphatic hydroxyl groups is 2. The van der Waals surface area contributed by atoms with Crippen LogP contribution < -0.4 is 10.8 Å². The van der Waals surface area contributed by atoms with Crippen LogP contribution >= 0.6 is 0 Å². The van der Waals surface area contributed by atoms with E-state index in [1.54, 1.807) is 5.48 Å². The number of carbonyl (C=O) groups is 1. The summed E-state index contributed by atoms with van der Waals surface area (Å²) in [6, 6.07) is 2.05. The highest BCUT2D eigenvalue weighted by Crippen LogP contribution is 2.36. The van der Waals surface area contributed by atoms with Gasteiger partial charge in [0.2, 0.25) is 0 Å². The summed E-state index contributed by atoms with van der Waals surface area (Å²) >= 11 is 0.